The van der Waals surface area contributed by atoms with Crippen LogP contribution in [-0.2, 0) is 14.3 Å². The Labute approximate surface area is 120 Å². The van der Waals surface area contributed by atoms with Gasteiger partial charge >= 0.3 is 0 Å². The molecule has 1 saturated carbocycles. The molecule has 2 saturated heterocycles. The highest BCUT2D eigenvalue weighted by molar-refractivity contribution is 5.89. The molecule has 1 amide bonds. The first-order chi connectivity index (χ1) is 9.48. The summed E-state index contributed by atoms with van der Waals surface area (Å²) >= 11 is 0. The van der Waals surface area contributed by atoms with Crippen LogP contribution in [0.4, 0.5) is 0 Å². The van der Waals surface area contributed by atoms with Crippen molar-refractivity contribution < 1.29 is 14.3 Å². The van der Waals surface area contributed by atoms with E-state index in [0.717, 1.165) is 39.1 Å². The molecule has 3 fully saturated rings. The molecule has 3 rings (SSSR count). The van der Waals surface area contributed by atoms with Crippen molar-refractivity contribution >= 4 is 5.91 Å². The number of fused-ring (bicyclic) bond motifs is 1. The van der Waals surface area contributed by atoms with E-state index in [1.165, 1.54) is 0 Å². The van der Waals surface area contributed by atoms with Crippen LogP contribution in [0.2, 0.25) is 0 Å². The van der Waals surface area contributed by atoms with Crippen molar-refractivity contribution in [3.8, 4) is 0 Å². The Balaban J connectivity index is 1.65. The number of nitrogens with one attached hydrogen (secondary N) is 1. The first-order valence-corrected chi connectivity index (χ1v) is 7.74. The van der Waals surface area contributed by atoms with Gasteiger partial charge in [0.25, 0.3) is 0 Å². The van der Waals surface area contributed by atoms with Crippen molar-refractivity contribution in [2.75, 3.05) is 26.4 Å². The standard InChI is InChI=1S/C15H26N2O3/c1-14(2)12-11(4-3-6-20-12)15(14,16)13(18)17-8-10-5-7-19-9-10/h10-12H,3-9,16H2,1-2H3,(H,17,18). The Kier molecular flexibility index (Phi) is 3.55. The molecular formula is C15H26N2O3. The summed E-state index contributed by atoms with van der Waals surface area (Å²) < 4.78 is 11.2. The van der Waals surface area contributed by atoms with Crippen LogP contribution in [0.5, 0.6) is 0 Å². The summed E-state index contributed by atoms with van der Waals surface area (Å²) in [6.45, 7) is 7.12. The second-order valence-corrected chi connectivity index (χ2v) is 7.07. The van der Waals surface area contributed by atoms with E-state index in [2.05, 4.69) is 19.2 Å². The van der Waals surface area contributed by atoms with Crippen LogP contribution < -0.4 is 11.1 Å². The molecule has 0 aromatic rings. The highest BCUT2D eigenvalue weighted by atomic mass is 16.5. The topological polar surface area (TPSA) is 73.6 Å². The van der Waals surface area contributed by atoms with Gasteiger partial charge < -0.3 is 20.5 Å². The van der Waals surface area contributed by atoms with E-state index in [9.17, 15) is 4.79 Å². The Morgan fingerprint density at radius 3 is 2.85 bits per heavy atom. The quantitative estimate of drug-likeness (QED) is 0.798. The van der Waals surface area contributed by atoms with Gasteiger partial charge in [0, 0.05) is 37.0 Å². The molecule has 0 radical (unpaired) electrons. The highest BCUT2D eigenvalue weighted by Crippen LogP contribution is 2.57. The van der Waals surface area contributed by atoms with E-state index in [0.29, 0.717) is 12.5 Å². The minimum absolute atomic E-state index is 0.0128. The third kappa shape index (κ3) is 1.90. The summed E-state index contributed by atoms with van der Waals surface area (Å²) in [5.41, 5.74) is 5.45. The van der Waals surface area contributed by atoms with Gasteiger partial charge in [0.1, 0.15) is 5.54 Å². The largest absolute Gasteiger partial charge is 0.381 e. The molecule has 4 atom stereocenters. The van der Waals surface area contributed by atoms with Gasteiger partial charge in [0.2, 0.25) is 5.91 Å². The van der Waals surface area contributed by atoms with E-state index in [1.807, 2.05) is 0 Å². The van der Waals surface area contributed by atoms with Gasteiger partial charge in [-0.3, -0.25) is 4.79 Å². The molecule has 2 heterocycles. The molecule has 5 heteroatoms. The average molecular weight is 282 g/mol. The number of carbonyl (C=O) groups excluding carboxylic acids is 1. The van der Waals surface area contributed by atoms with Crippen LogP contribution in [0.1, 0.15) is 33.1 Å². The van der Waals surface area contributed by atoms with E-state index in [1.54, 1.807) is 0 Å². The monoisotopic (exact) mass is 282 g/mol. The second kappa shape index (κ2) is 4.97. The highest BCUT2D eigenvalue weighted by Gasteiger charge is 2.70. The van der Waals surface area contributed by atoms with E-state index in [-0.39, 0.29) is 23.3 Å². The number of carbonyl (C=O) groups is 1. The van der Waals surface area contributed by atoms with Crippen LogP contribution in [0.25, 0.3) is 0 Å². The predicted octanol–water partition coefficient (Wildman–Crippen LogP) is 0.672. The summed E-state index contributed by atoms with van der Waals surface area (Å²) in [7, 11) is 0. The smallest absolute Gasteiger partial charge is 0.241 e. The van der Waals surface area contributed by atoms with Crippen LogP contribution in [-0.4, -0.2) is 43.9 Å². The minimum atomic E-state index is -0.794. The third-order valence-corrected chi connectivity index (χ3v) is 5.64. The lowest BCUT2D eigenvalue weighted by Crippen LogP contribution is -2.82. The Morgan fingerprint density at radius 1 is 1.35 bits per heavy atom. The van der Waals surface area contributed by atoms with Crippen molar-refractivity contribution in [1.82, 2.24) is 5.32 Å². The van der Waals surface area contributed by atoms with Gasteiger partial charge in [-0.05, 0) is 19.3 Å². The van der Waals surface area contributed by atoms with Crippen LogP contribution in [0.3, 0.4) is 0 Å². The van der Waals surface area contributed by atoms with Gasteiger partial charge in [-0.25, -0.2) is 0 Å². The molecule has 114 valence electrons. The fourth-order valence-corrected chi connectivity index (χ4v) is 4.16. The molecule has 1 aliphatic carbocycles. The third-order valence-electron chi connectivity index (χ3n) is 5.64. The average Bonchev–Trinajstić information content (AvgIpc) is 2.97. The minimum Gasteiger partial charge on any atom is -0.381 e. The maximum absolute atomic E-state index is 12.6. The van der Waals surface area contributed by atoms with Crippen molar-refractivity contribution in [3.05, 3.63) is 0 Å². The Morgan fingerprint density at radius 2 is 2.15 bits per heavy atom. The molecule has 0 aromatic carbocycles. The van der Waals surface area contributed by atoms with Gasteiger partial charge in [-0.15, -0.1) is 0 Å². The lowest BCUT2D eigenvalue weighted by atomic mass is 9.46. The molecular weight excluding hydrogens is 256 g/mol. The van der Waals surface area contributed by atoms with E-state index >= 15 is 0 Å². The fraction of sp³-hybridized carbons (Fsp3) is 0.933. The fourth-order valence-electron chi connectivity index (χ4n) is 4.16. The number of nitrogens with two attached hydrogens (primary N) is 1. The van der Waals surface area contributed by atoms with E-state index in [4.69, 9.17) is 15.2 Å². The molecule has 0 bridgehead atoms. The molecule has 2 aliphatic heterocycles. The molecule has 0 spiro atoms. The summed E-state index contributed by atoms with van der Waals surface area (Å²) in [5, 5.41) is 3.06. The number of hydrogen-bond acceptors (Lipinski definition) is 4. The van der Waals surface area contributed by atoms with Crippen molar-refractivity contribution in [3.63, 3.8) is 0 Å². The lowest BCUT2D eigenvalue weighted by Gasteiger charge is -2.65. The summed E-state index contributed by atoms with van der Waals surface area (Å²) in [5.74, 6) is 0.580. The lowest BCUT2D eigenvalue weighted by molar-refractivity contribution is -0.225. The Hall–Kier alpha value is -0.650. The van der Waals surface area contributed by atoms with Gasteiger partial charge in [-0.1, -0.05) is 13.8 Å². The van der Waals surface area contributed by atoms with Crippen LogP contribution in [0.15, 0.2) is 0 Å². The SMILES string of the molecule is CC1(C)C2OCCCC2C1(N)C(=O)NCC1CCOC1. The Bertz CT molecular complexity index is 393. The van der Waals surface area contributed by atoms with Crippen molar-refractivity contribution in [1.29, 1.82) is 0 Å². The first kappa shape index (κ1) is 14.3. The number of hydrogen-bond donors (Lipinski definition) is 2. The number of amides is 1. The first-order valence-electron chi connectivity index (χ1n) is 7.74. The summed E-state index contributed by atoms with van der Waals surface area (Å²) in [4.78, 5) is 12.6. The second-order valence-electron chi connectivity index (χ2n) is 7.07. The molecule has 3 aliphatic rings. The maximum atomic E-state index is 12.6. The van der Waals surface area contributed by atoms with Crippen molar-refractivity contribution in [2.45, 2.75) is 44.8 Å². The van der Waals surface area contributed by atoms with Crippen LogP contribution in [0, 0.1) is 17.3 Å². The molecule has 5 nitrogen and oxygen atoms in total. The molecule has 4 unspecified atom stereocenters. The number of rotatable bonds is 3. The predicted molar refractivity (Wildman–Crippen MR) is 75.1 cm³/mol. The zero-order chi connectivity index (χ0) is 14.4. The van der Waals surface area contributed by atoms with Gasteiger partial charge in [-0.2, -0.15) is 0 Å². The maximum Gasteiger partial charge on any atom is 0.241 e. The zero-order valence-electron chi connectivity index (χ0n) is 12.5. The summed E-state index contributed by atoms with van der Waals surface area (Å²) in [6.07, 6.45) is 3.14. The zero-order valence-corrected chi connectivity index (χ0v) is 12.5. The van der Waals surface area contributed by atoms with E-state index < -0.39 is 5.54 Å². The van der Waals surface area contributed by atoms with Gasteiger partial charge in [0.15, 0.2) is 0 Å². The molecule has 3 N–H and O–H groups in total. The molecule has 20 heavy (non-hydrogen) atoms. The van der Waals surface area contributed by atoms with Crippen LogP contribution >= 0.6 is 0 Å². The normalized spacial score (nSPS) is 42.6. The molecule has 0 aromatic heterocycles. The van der Waals surface area contributed by atoms with Crippen molar-refractivity contribution in [2.24, 2.45) is 23.0 Å². The summed E-state index contributed by atoms with van der Waals surface area (Å²) in [6, 6.07) is 0. The number of ether oxygens (including phenoxy) is 2. The van der Waals surface area contributed by atoms with Gasteiger partial charge in [0.05, 0.1) is 12.7 Å².